The van der Waals surface area contributed by atoms with E-state index in [1.807, 2.05) is 44.2 Å². The number of imide groups is 1. The molecule has 1 fully saturated rings. The third-order valence-corrected chi connectivity index (χ3v) is 5.95. The molecule has 0 aromatic heterocycles. The quantitative estimate of drug-likeness (QED) is 0.657. The number of urea groups is 1. The number of benzene rings is 2. The molecule has 1 N–H and O–H groups in total. The van der Waals surface area contributed by atoms with E-state index in [1.54, 1.807) is 13.0 Å². The van der Waals surface area contributed by atoms with E-state index in [0.29, 0.717) is 5.56 Å². The summed E-state index contributed by atoms with van der Waals surface area (Å²) in [6.07, 6.45) is 3.17. The Morgan fingerprint density at radius 1 is 1.07 bits per heavy atom. The van der Waals surface area contributed by atoms with Crippen molar-refractivity contribution in [3.05, 3.63) is 69.8 Å². The summed E-state index contributed by atoms with van der Waals surface area (Å²) in [5.41, 5.74) is 4.53. The molecule has 3 amide bonds. The second kappa shape index (κ2) is 6.59. The largest absolute Gasteiger partial charge is 0.325 e. The van der Waals surface area contributed by atoms with Gasteiger partial charge in [-0.05, 0) is 68.4 Å². The SMILES string of the molecule is Cc1ccc(C)c(C(=O)CN2C(=O)N[C@](C)(c3ccc4c(c3)CCC4)C2=O)c1. The number of carbonyl (C=O) groups is 3. The Morgan fingerprint density at radius 3 is 2.61 bits per heavy atom. The Labute approximate surface area is 164 Å². The van der Waals surface area contributed by atoms with Crippen molar-refractivity contribution < 1.29 is 14.4 Å². The van der Waals surface area contributed by atoms with Gasteiger partial charge in [-0.2, -0.15) is 0 Å². The van der Waals surface area contributed by atoms with E-state index in [2.05, 4.69) is 5.32 Å². The summed E-state index contributed by atoms with van der Waals surface area (Å²) >= 11 is 0. The van der Waals surface area contributed by atoms with Gasteiger partial charge in [-0.3, -0.25) is 14.5 Å². The molecule has 1 aliphatic carbocycles. The fraction of sp³-hybridized carbons (Fsp3) is 0.348. The van der Waals surface area contributed by atoms with E-state index in [1.165, 1.54) is 11.1 Å². The lowest BCUT2D eigenvalue weighted by Gasteiger charge is -2.23. The third-order valence-electron chi connectivity index (χ3n) is 5.95. The number of amides is 3. The summed E-state index contributed by atoms with van der Waals surface area (Å²) < 4.78 is 0. The van der Waals surface area contributed by atoms with Crippen molar-refractivity contribution in [2.45, 2.75) is 45.6 Å². The minimum absolute atomic E-state index is 0.233. The Bertz CT molecular complexity index is 1010. The smallest absolute Gasteiger partial charge is 0.319 e. The molecule has 2 aromatic rings. The second-order valence-electron chi connectivity index (χ2n) is 8.03. The van der Waals surface area contributed by atoms with Gasteiger partial charge in [-0.25, -0.2) is 4.79 Å². The van der Waals surface area contributed by atoms with Gasteiger partial charge < -0.3 is 5.32 Å². The molecule has 2 aliphatic rings. The number of rotatable bonds is 4. The lowest BCUT2D eigenvalue weighted by Crippen LogP contribution is -2.41. The van der Waals surface area contributed by atoms with Gasteiger partial charge in [0.05, 0.1) is 6.54 Å². The van der Waals surface area contributed by atoms with Crippen LogP contribution in [0.25, 0.3) is 0 Å². The minimum atomic E-state index is -1.14. The van der Waals surface area contributed by atoms with Gasteiger partial charge in [-0.1, -0.05) is 35.9 Å². The zero-order valence-corrected chi connectivity index (χ0v) is 16.5. The molecule has 0 saturated carbocycles. The van der Waals surface area contributed by atoms with Gasteiger partial charge in [0.2, 0.25) is 0 Å². The number of carbonyl (C=O) groups excluding carboxylic acids is 3. The summed E-state index contributed by atoms with van der Waals surface area (Å²) in [5, 5.41) is 2.81. The van der Waals surface area contributed by atoms with Crippen molar-refractivity contribution in [2.24, 2.45) is 0 Å². The molecule has 4 rings (SSSR count). The Hall–Kier alpha value is -2.95. The van der Waals surface area contributed by atoms with Gasteiger partial charge >= 0.3 is 6.03 Å². The Balaban J connectivity index is 1.60. The molecule has 28 heavy (non-hydrogen) atoms. The highest BCUT2D eigenvalue weighted by Gasteiger charge is 2.49. The fourth-order valence-electron chi connectivity index (χ4n) is 4.18. The van der Waals surface area contributed by atoms with Crippen LogP contribution in [0.15, 0.2) is 36.4 Å². The van der Waals surface area contributed by atoms with Crippen molar-refractivity contribution in [3.63, 3.8) is 0 Å². The molecule has 0 bridgehead atoms. The van der Waals surface area contributed by atoms with Crippen LogP contribution in [-0.4, -0.2) is 29.2 Å². The van der Waals surface area contributed by atoms with E-state index in [9.17, 15) is 14.4 Å². The van der Waals surface area contributed by atoms with E-state index in [0.717, 1.165) is 40.9 Å². The first-order valence-electron chi connectivity index (χ1n) is 9.66. The van der Waals surface area contributed by atoms with Gasteiger partial charge in [0, 0.05) is 5.56 Å². The van der Waals surface area contributed by atoms with Crippen LogP contribution in [0.4, 0.5) is 4.79 Å². The molecular formula is C23H24N2O3. The van der Waals surface area contributed by atoms with E-state index in [-0.39, 0.29) is 18.2 Å². The number of aryl methyl sites for hydroxylation is 4. The topological polar surface area (TPSA) is 66.5 Å². The standard InChI is InChI=1S/C23H24N2O3/c1-14-7-8-15(2)19(11-14)20(26)13-25-21(27)23(3,24-22(25)28)18-10-9-16-5-4-6-17(16)12-18/h7-12H,4-6,13H2,1-3H3,(H,24,28)/t23-/m1/s1. The molecule has 5 nitrogen and oxygen atoms in total. The Morgan fingerprint density at radius 2 is 1.82 bits per heavy atom. The summed E-state index contributed by atoms with van der Waals surface area (Å²) in [5.74, 6) is -0.614. The van der Waals surface area contributed by atoms with Crippen LogP contribution >= 0.6 is 0 Å². The molecular weight excluding hydrogens is 352 g/mol. The highest BCUT2D eigenvalue weighted by Crippen LogP contribution is 2.32. The summed E-state index contributed by atoms with van der Waals surface area (Å²) in [4.78, 5) is 39.5. The molecule has 5 heteroatoms. The van der Waals surface area contributed by atoms with Gasteiger partial charge in [0.15, 0.2) is 5.78 Å². The zero-order valence-electron chi connectivity index (χ0n) is 16.5. The number of fused-ring (bicyclic) bond motifs is 1. The van der Waals surface area contributed by atoms with Crippen molar-refractivity contribution in [2.75, 3.05) is 6.54 Å². The highest BCUT2D eigenvalue weighted by atomic mass is 16.2. The molecule has 1 atom stereocenters. The minimum Gasteiger partial charge on any atom is -0.319 e. The summed E-state index contributed by atoms with van der Waals surface area (Å²) in [6, 6.07) is 11.1. The van der Waals surface area contributed by atoms with Crippen LogP contribution < -0.4 is 5.32 Å². The predicted molar refractivity (Wildman–Crippen MR) is 106 cm³/mol. The molecule has 1 aliphatic heterocycles. The number of nitrogens with one attached hydrogen (secondary N) is 1. The van der Waals surface area contributed by atoms with E-state index < -0.39 is 11.6 Å². The number of nitrogens with zero attached hydrogens (tertiary/aromatic N) is 1. The summed E-state index contributed by atoms with van der Waals surface area (Å²) in [6.45, 7) is 5.23. The van der Waals surface area contributed by atoms with Crippen molar-refractivity contribution in [3.8, 4) is 0 Å². The van der Waals surface area contributed by atoms with Gasteiger partial charge in [0.25, 0.3) is 5.91 Å². The van der Waals surface area contributed by atoms with Crippen molar-refractivity contribution in [1.82, 2.24) is 10.2 Å². The normalized spacial score (nSPS) is 21.0. The lowest BCUT2D eigenvalue weighted by molar-refractivity contribution is -0.130. The molecule has 144 valence electrons. The monoisotopic (exact) mass is 376 g/mol. The Kier molecular flexibility index (Phi) is 4.33. The van der Waals surface area contributed by atoms with Crippen LogP contribution in [0.3, 0.4) is 0 Å². The van der Waals surface area contributed by atoms with Crippen LogP contribution in [-0.2, 0) is 23.2 Å². The first-order chi connectivity index (χ1) is 13.3. The maximum atomic E-state index is 13.1. The van der Waals surface area contributed by atoms with E-state index in [4.69, 9.17) is 0 Å². The molecule has 1 heterocycles. The fourth-order valence-corrected chi connectivity index (χ4v) is 4.18. The first kappa shape index (κ1) is 18.4. The highest BCUT2D eigenvalue weighted by molar-refractivity contribution is 6.11. The number of ketones is 1. The van der Waals surface area contributed by atoms with Crippen LogP contribution in [0.1, 0.15) is 51.5 Å². The number of hydrogen-bond acceptors (Lipinski definition) is 3. The maximum Gasteiger partial charge on any atom is 0.325 e. The van der Waals surface area contributed by atoms with Gasteiger partial charge in [0.1, 0.15) is 5.54 Å². The lowest BCUT2D eigenvalue weighted by atomic mass is 9.89. The maximum absolute atomic E-state index is 13.1. The molecule has 0 spiro atoms. The third kappa shape index (κ3) is 2.91. The number of Topliss-reactive ketones (excluding diaryl/α,β-unsaturated/α-hetero) is 1. The molecule has 0 unspecified atom stereocenters. The van der Waals surface area contributed by atoms with Crippen molar-refractivity contribution >= 4 is 17.7 Å². The zero-order chi connectivity index (χ0) is 20.1. The molecule has 1 saturated heterocycles. The van der Waals surface area contributed by atoms with Crippen LogP contribution in [0.2, 0.25) is 0 Å². The second-order valence-corrected chi connectivity index (χ2v) is 8.03. The molecule has 0 radical (unpaired) electrons. The van der Waals surface area contributed by atoms with E-state index >= 15 is 0 Å². The van der Waals surface area contributed by atoms with Crippen molar-refractivity contribution in [1.29, 1.82) is 0 Å². The predicted octanol–water partition coefficient (Wildman–Crippen LogP) is 3.44. The first-order valence-corrected chi connectivity index (χ1v) is 9.66. The van der Waals surface area contributed by atoms with Crippen LogP contribution in [0.5, 0.6) is 0 Å². The van der Waals surface area contributed by atoms with Crippen LogP contribution in [0, 0.1) is 13.8 Å². The van der Waals surface area contributed by atoms with Gasteiger partial charge in [-0.15, -0.1) is 0 Å². The number of hydrogen-bond donors (Lipinski definition) is 1. The molecule has 2 aromatic carbocycles. The summed E-state index contributed by atoms with van der Waals surface area (Å²) in [7, 11) is 0. The average molecular weight is 376 g/mol. The average Bonchev–Trinajstić information content (AvgIpc) is 3.22.